The van der Waals surface area contributed by atoms with E-state index in [-0.39, 0.29) is 5.91 Å². The number of para-hydroxylation sites is 1. The zero-order valence-electron chi connectivity index (χ0n) is 8.96. The minimum absolute atomic E-state index is 0.228. The number of carbonyl (C=O) groups excluding carboxylic acids is 1. The molecule has 4 heteroatoms. The van der Waals surface area contributed by atoms with Crippen molar-refractivity contribution >= 4 is 23.6 Å². The molecule has 0 aliphatic rings. The van der Waals surface area contributed by atoms with Gasteiger partial charge in [-0.3, -0.25) is 4.79 Å². The van der Waals surface area contributed by atoms with Crippen molar-refractivity contribution in [1.29, 1.82) is 0 Å². The van der Waals surface area contributed by atoms with Crippen molar-refractivity contribution in [2.45, 2.75) is 4.90 Å². The third-order valence-corrected chi connectivity index (χ3v) is 2.81. The Kier molecular flexibility index (Phi) is 3.80. The van der Waals surface area contributed by atoms with Gasteiger partial charge in [0.25, 0.3) is 5.91 Å². The van der Waals surface area contributed by atoms with Crippen LogP contribution in [0, 0.1) is 0 Å². The van der Waals surface area contributed by atoms with Gasteiger partial charge < -0.3 is 9.87 Å². The maximum absolute atomic E-state index is 12.0. The van der Waals surface area contributed by atoms with Crippen molar-refractivity contribution in [3.63, 3.8) is 0 Å². The van der Waals surface area contributed by atoms with Gasteiger partial charge in [0.1, 0.15) is 0 Å². The molecule has 0 unspecified atom stereocenters. The molecule has 0 saturated heterocycles. The molecule has 2 aromatic rings. The largest absolute Gasteiger partial charge is 0.325 e. The zero-order chi connectivity index (χ0) is 12.1. The third kappa shape index (κ3) is 2.87. The maximum Gasteiger partial charge on any atom is 0.256 e. The van der Waals surface area contributed by atoms with Gasteiger partial charge in [-0.1, -0.05) is 30.3 Å². The molecule has 17 heavy (non-hydrogen) atoms. The van der Waals surface area contributed by atoms with Crippen LogP contribution in [0.15, 0.2) is 59.5 Å². The van der Waals surface area contributed by atoms with E-state index >= 15 is 0 Å². The highest BCUT2D eigenvalue weighted by atomic mass is 32.2. The fourth-order valence-corrected chi connectivity index (χ4v) is 1.85. The quantitative estimate of drug-likeness (QED) is 0.814. The van der Waals surface area contributed by atoms with Gasteiger partial charge in [0, 0.05) is 22.6 Å². The highest BCUT2D eigenvalue weighted by molar-refractivity contribution is 7.93. The first-order valence-electron chi connectivity index (χ1n) is 5.08. The summed E-state index contributed by atoms with van der Waals surface area (Å²) < 4.78 is 9.07. The standard InChI is InChI=1S/C13H11NO2S/c15-13(14-10-6-2-1-3-7-10)11-8-4-5-9-12(11)17-16/h1-9,16H,(H,14,15). The van der Waals surface area contributed by atoms with Gasteiger partial charge in [0.15, 0.2) is 0 Å². The van der Waals surface area contributed by atoms with Crippen LogP contribution >= 0.6 is 12.0 Å². The molecule has 2 rings (SSSR count). The summed E-state index contributed by atoms with van der Waals surface area (Å²) >= 11 is 0.573. The lowest BCUT2D eigenvalue weighted by atomic mass is 10.2. The lowest BCUT2D eigenvalue weighted by Crippen LogP contribution is -2.12. The molecule has 0 aliphatic carbocycles. The second-order valence-corrected chi connectivity index (χ2v) is 4.03. The molecule has 0 atom stereocenters. The van der Waals surface area contributed by atoms with E-state index in [0.29, 0.717) is 22.5 Å². The first kappa shape index (κ1) is 11.7. The summed E-state index contributed by atoms with van der Waals surface area (Å²) in [5.74, 6) is -0.228. The SMILES string of the molecule is O=C(Nc1ccccc1)c1ccccc1SO. The Hall–Kier alpha value is -1.78. The number of anilines is 1. The van der Waals surface area contributed by atoms with E-state index in [9.17, 15) is 4.79 Å². The number of benzene rings is 2. The normalized spacial score (nSPS) is 9.94. The Labute approximate surface area is 104 Å². The van der Waals surface area contributed by atoms with Gasteiger partial charge >= 0.3 is 0 Å². The van der Waals surface area contributed by atoms with Crippen molar-refractivity contribution in [3.8, 4) is 0 Å². The van der Waals surface area contributed by atoms with Crippen LogP contribution in [0.3, 0.4) is 0 Å². The number of nitrogens with one attached hydrogen (secondary N) is 1. The average molecular weight is 245 g/mol. The molecule has 0 fully saturated rings. The Morgan fingerprint density at radius 1 is 1.00 bits per heavy atom. The van der Waals surface area contributed by atoms with Crippen LogP contribution in [0.5, 0.6) is 0 Å². The van der Waals surface area contributed by atoms with Crippen LogP contribution in [0.25, 0.3) is 0 Å². The Morgan fingerprint density at radius 2 is 1.65 bits per heavy atom. The second-order valence-electron chi connectivity index (χ2n) is 3.41. The lowest BCUT2D eigenvalue weighted by Gasteiger charge is -2.07. The molecule has 0 bridgehead atoms. The summed E-state index contributed by atoms with van der Waals surface area (Å²) in [4.78, 5) is 12.5. The van der Waals surface area contributed by atoms with Crippen molar-refractivity contribution < 1.29 is 9.35 Å². The van der Waals surface area contributed by atoms with Gasteiger partial charge in [-0.15, -0.1) is 0 Å². The molecule has 0 spiro atoms. The number of hydrogen-bond acceptors (Lipinski definition) is 3. The number of carbonyl (C=O) groups is 1. The topological polar surface area (TPSA) is 49.3 Å². The van der Waals surface area contributed by atoms with Crippen LogP contribution in [-0.4, -0.2) is 10.5 Å². The molecule has 3 nitrogen and oxygen atoms in total. The summed E-state index contributed by atoms with van der Waals surface area (Å²) in [6, 6.07) is 16.1. The first-order valence-corrected chi connectivity index (χ1v) is 5.85. The molecule has 2 aromatic carbocycles. The van der Waals surface area contributed by atoms with Gasteiger partial charge in [0.2, 0.25) is 0 Å². The van der Waals surface area contributed by atoms with Gasteiger partial charge in [0.05, 0.1) is 5.56 Å². The summed E-state index contributed by atoms with van der Waals surface area (Å²) in [5.41, 5.74) is 1.19. The summed E-state index contributed by atoms with van der Waals surface area (Å²) in [7, 11) is 0. The lowest BCUT2D eigenvalue weighted by molar-refractivity contribution is 0.102. The van der Waals surface area contributed by atoms with E-state index in [0.717, 1.165) is 5.69 Å². The zero-order valence-corrected chi connectivity index (χ0v) is 9.78. The van der Waals surface area contributed by atoms with Crippen molar-refractivity contribution in [3.05, 3.63) is 60.2 Å². The van der Waals surface area contributed by atoms with Crippen LogP contribution in [0.1, 0.15) is 10.4 Å². The van der Waals surface area contributed by atoms with E-state index in [1.165, 1.54) is 0 Å². The van der Waals surface area contributed by atoms with Crippen LogP contribution < -0.4 is 5.32 Å². The highest BCUT2D eigenvalue weighted by Gasteiger charge is 2.10. The summed E-state index contributed by atoms with van der Waals surface area (Å²) in [6.45, 7) is 0. The van der Waals surface area contributed by atoms with E-state index in [2.05, 4.69) is 5.32 Å². The second kappa shape index (κ2) is 5.52. The fraction of sp³-hybridized carbons (Fsp3) is 0. The predicted molar refractivity (Wildman–Crippen MR) is 69.3 cm³/mol. The van der Waals surface area contributed by atoms with Crippen LogP contribution in [0.4, 0.5) is 5.69 Å². The molecular formula is C13H11NO2S. The van der Waals surface area contributed by atoms with E-state index in [1.54, 1.807) is 24.3 Å². The van der Waals surface area contributed by atoms with Crippen LogP contribution in [-0.2, 0) is 0 Å². The molecule has 1 amide bonds. The van der Waals surface area contributed by atoms with E-state index in [4.69, 9.17) is 4.55 Å². The molecular weight excluding hydrogens is 234 g/mol. The molecule has 2 N–H and O–H groups in total. The molecule has 0 aromatic heterocycles. The summed E-state index contributed by atoms with van der Waals surface area (Å²) in [6.07, 6.45) is 0. The smallest absolute Gasteiger partial charge is 0.256 e. The molecule has 0 saturated carbocycles. The molecule has 86 valence electrons. The number of hydrogen-bond donors (Lipinski definition) is 2. The summed E-state index contributed by atoms with van der Waals surface area (Å²) in [5, 5.41) is 2.77. The van der Waals surface area contributed by atoms with E-state index < -0.39 is 0 Å². The van der Waals surface area contributed by atoms with Crippen molar-refractivity contribution in [1.82, 2.24) is 0 Å². The minimum Gasteiger partial charge on any atom is -0.325 e. The Morgan fingerprint density at radius 3 is 2.35 bits per heavy atom. The van der Waals surface area contributed by atoms with Gasteiger partial charge in [-0.2, -0.15) is 0 Å². The monoisotopic (exact) mass is 245 g/mol. The Balaban J connectivity index is 2.20. The maximum atomic E-state index is 12.0. The van der Waals surface area contributed by atoms with Crippen molar-refractivity contribution in [2.24, 2.45) is 0 Å². The molecule has 0 radical (unpaired) electrons. The third-order valence-electron chi connectivity index (χ3n) is 2.26. The van der Waals surface area contributed by atoms with Gasteiger partial charge in [-0.05, 0) is 24.3 Å². The highest BCUT2D eigenvalue weighted by Crippen LogP contribution is 2.20. The van der Waals surface area contributed by atoms with Gasteiger partial charge in [-0.25, -0.2) is 0 Å². The van der Waals surface area contributed by atoms with Crippen LogP contribution in [0.2, 0.25) is 0 Å². The van der Waals surface area contributed by atoms with E-state index in [1.807, 2.05) is 30.3 Å². The molecule has 0 aliphatic heterocycles. The first-order chi connectivity index (χ1) is 8.31. The number of rotatable bonds is 3. The average Bonchev–Trinajstić information content (AvgIpc) is 2.40. The molecule has 0 heterocycles. The minimum atomic E-state index is -0.228. The Bertz CT molecular complexity index is 514. The fourth-order valence-electron chi connectivity index (χ4n) is 1.45. The van der Waals surface area contributed by atoms with Crippen molar-refractivity contribution in [2.75, 3.05) is 5.32 Å². The number of amides is 1. The predicted octanol–water partition coefficient (Wildman–Crippen LogP) is 3.50.